The van der Waals surface area contributed by atoms with Gasteiger partial charge in [0.05, 0.1) is 12.2 Å². The Morgan fingerprint density at radius 3 is 3.00 bits per heavy atom. The van der Waals surface area contributed by atoms with E-state index in [0.29, 0.717) is 17.9 Å². The van der Waals surface area contributed by atoms with E-state index in [0.717, 1.165) is 12.0 Å². The van der Waals surface area contributed by atoms with Gasteiger partial charge < -0.3 is 15.6 Å². The number of hydrogen-bond donors (Lipinski definition) is 3. The van der Waals surface area contributed by atoms with E-state index in [2.05, 4.69) is 0 Å². The largest absolute Gasteiger partial charge is 0.507 e. The van der Waals surface area contributed by atoms with Crippen molar-refractivity contribution in [1.82, 2.24) is 0 Å². The van der Waals surface area contributed by atoms with Crippen LogP contribution >= 0.6 is 0 Å². The number of nitrogens with two attached hydrogens (primary N) is 1. The molecule has 0 radical (unpaired) electrons. The standard InChI is InChI=1S/C9H10N2O2/c10-9(11)6-3-5-1-2-13-8(5)4-7(6)12/h3-4,12H,1-2H2,(H3,10,11). The minimum atomic E-state index is -0.118. The predicted molar refractivity (Wildman–Crippen MR) is 48.3 cm³/mol. The van der Waals surface area contributed by atoms with Crippen LogP contribution in [0.4, 0.5) is 0 Å². The summed E-state index contributed by atoms with van der Waals surface area (Å²) in [5, 5.41) is 16.7. The van der Waals surface area contributed by atoms with Gasteiger partial charge in [-0.3, -0.25) is 5.41 Å². The van der Waals surface area contributed by atoms with Crippen molar-refractivity contribution < 1.29 is 9.84 Å². The van der Waals surface area contributed by atoms with E-state index in [9.17, 15) is 5.11 Å². The molecule has 68 valence electrons. The van der Waals surface area contributed by atoms with Crippen molar-refractivity contribution in [2.24, 2.45) is 5.73 Å². The topological polar surface area (TPSA) is 79.3 Å². The fraction of sp³-hybridized carbons (Fsp3) is 0.222. The van der Waals surface area contributed by atoms with Gasteiger partial charge in [-0.15, -0.1) is 0 Å². The zero-order chi connectivity index (χ0) is 9.42. The Morgan fingerprint density at radius 1 is 1.54 bits per heavy atom. The van der Waals surface area contributed by atoms with Crippen LogP contribution in [0.2, 0.25) is 0 Å². The van der Waals surface area contributed by atoms with E-state index in [1.807, 2.05) is 0 Å². The number of aromatic hydroxyl groups is 1. The van der Waals surface area contributed by atoms with Crippen molar-refractivity contribution in [2.45, 2.75) is 6.42 Å². The third kappa shape index (κ3) is 1.20. The summed E-state index contributed by atoms with van der Waals surface area (Å²) in [7, 11) is 0. The highest BCUT2D eigenvalue weighted by molar-refractivity contribution is 5.98. The maximum atomic E-state index is 9.44. The second-order valence-electron chi connectivity index (χ2n) is 2.99. The van der Waals surface area contributed by atoms with E-state index < -0.39 is 0 Å². The second-order valence-corrected chi connectivity index (χ2v) is 2.99. The molecule has 2 rings (SSSR count). The van der Waals surface area contributed by atoms with Crippen LogP contribution in [0, 0.1) is 5.41 Å². The fourth-order valence-corrected chi connectivity index (χ4v) is 1.43. The molecule has 0 amide bonds. The first-order valence-electron chi connectivity index (χ1n) is 4.01. The van der Waals surface area contributed by atoms with Crippen molar-refractivity contribution in [3.8, 4) is 11.5 Å². The Hall–Kier alpha value is -1.71. The molecule has 4 nitrogen and oxygen atoms in total. The van der Waals surface area contributed by atoms with E-state index >= 15 is 0 Å². The number of phenolic OH excluding ortho intramolecular Hbond substituents is 1. The highest BCUT2D eigenvalue weighted by Gasteiger charge is 2.16. The normalized spacial score (nSPS) is 13.5. The number of nitrogen functional groups attached to an aromatic ring is 1. The molecule has 0 atom stereocenters. The van der Waals surface area contributed by atoms with Gasteiger partial charge in [-0.05, 0) is 11.6 Å². The lowest BCUT2D eigenvalue weighted by molar-refractivity contribution is 0.354. The molecule has 1 heterocycles. The summed E-state index contributed by atoms with van der Waals surface area (Å²) in [5.41, 5.74) is 6.67. The maximum absolute atomic E-state index is 9.44. The summed E-state index contributed by atoms with van der Waals surface area (Å²) in [4.78, 5) is 0. The van der Waals surface area contributed by atoms with Gasteiger partial charge in [0.1, 0.15) is 17.3 Å². The lowest BCUT2D eigenvalue weighted by atomic mass is 10.1. The molecule has 0 aliphatic carbocycles. The molecule has 0 spiro atoms. The van der Waals surface area contributed by atoms with Crippen molar-refractivity contribution >= 4 is 5.84 Å². The summed E-state index contributed by atoms with van der Waals surface area (Å²) in [5.74, 6) is 0.586. The summed E-state index contributed by atoms with van der Waals surface area (Å²) in [6.45, 7) is 0.635. The third-order valence-electron chi connectivity index (χ3n) is 2.10. The van der Waals surface area contributed by atoms with Gasteiger partial charge in [0, 0.05) is 12.5 Å². The number of ether oxygens (including phenoxy) is 1. The molecule has 1 aromatic rings. The Labute approximate surface area is 75.5 Å². The van der Waals surface area contributed by atoms with Crippen LogP contribution in [0.3, 0.4) is 0 Å². The monoisotopic (exact) mass is 178 g/mol. The quantitative estimate of drug-likeness (QED) is 0.435. The molecule has 0 aromatic heterocycles. The lowest BCUT2D eigenvalue weighted by Crippen LogP contribution is -2.11. The minimum Gasteiger partial charge on any atom is -0.507 e. The molecule has 0 saturated carbocycles. The van der Waals surface area contributed by atoms with Gasteiger partial charge in [-0.25, -0.2) is 0 Å². The Balaban J connectivity index is 2.55. The van der Waals surface area contributed by atoms with E-state index in [1.54, 1.807) is 6.07 Å². The first kappa shape index (κ1) is 7.91. The maximum Gasteiger partial charge on any atom is 0.130 e. The number of rotatable bonds is 1. The number of nitrogens with one attached hydrogen (secondary N) is 1. The molecule has 1 aliphatic heterocycles. The van der Waals surface area contributed by atoms with Gasteiger partial charge in [-0.1, -0.05) is 0 Å². The zero-order valence-electron chi connectivity index (χ0n) is 7.00. The second kappa shape index (κ2) is 2.65. The van der Waals surface area contributed by atoms with E-state index in [-0.39, 0.29) is 11.6 Å². The van der Waals surface area contributed by atoms with Gasteiger partial charge in [0.2, 0.25) is 0 Å². The lowest BCUT2D eigenvalue weighted by Gasteiger charge is -2.05. The van der Waals surface area contributed by atoms with Crippen LogP contribution in [-0.4, -0.2) is 17.5 Å². The van der Waals surface area contributed by atoms with Crippen LogP contribution in [0.5, 0.6) is 11.5 Å². The average molecular weight is 178 g/mol. The first-order valence-corrected chi connectivity index (χ1v) is 4.01. The van der Waals surface area contributed by atoms with Crippen molar-refractivity contribution in [3.63, 3.8) is 0 Å². The Kier molecular flexibility index (Phi) is 1.62. The highest BCUT2D eigenvalue weighted by Crippen LogP contribution is 2.31. The first-order chi connectivity index (χ1) is 6.18. The number of hydrogen-bond acceptors (Lipinski definition) is 3. The summed E-state index contributed by atoms with van der Waals surface area (Å²) >= 11 is 0. The molecule has 13 heavy (non-hydrogen) atoms. The molecule has 4 heteroatoms. The van der Waals surface area contributed by atoms with Crippen LogP contribution < -0.4 is 10.5 Å². The van der Waals surface area contributed by atoms with Crippen LogP contribution in [0.15, 0.2) is 12.1 Å². The fourth-order valence-electron chi connectivity index (χ4n) is 1.43. The molecular formula is C9H10N2O2. The SMILES string of the molecule is N=C(N)c1cc2c(cc1O)OCC2. The van der Waals surface area contributed by atoms with Gasteiger partial charge in [-0.2, -0.15) is 0 Å². The van der Waals surface area contributed by atoms with Crippen LogP contribution in [0.1, 0.15) is 11.1 Å². The summed E-state index contributed by atoms with van der Waals surface area (Å²) < 4.78 is 5.24. The molecule has 0 unspecified atom stereocenters. The van der Waals surface area contributed by atoms with E-state index in [4.69, 9.17) is 15.9 Å². The Morgan fingerprint density at radius 2 is 2.31 bits per heavy atom. The molecule has 0 bridgehead atoms. The summed E-state index contributed by atoms with van der Waals surface area (Å²) in [6, 6.07) is 3.22. The van der Waals surface area contributed by atoms with Gasteiger partial charge >= 0.3 is 0 Å². The van der Waals surface area contributed by atoms with Crippen molar-refractivity contribution in [1.29, 1.82) is 5.41 Å². The summed E-state index contributed by atoms with van der Waals surface area (Å²) in [6.07, 6.45) is 0.815. The van der Waals surface area contributed by atoms with Crippen molar-refractivity contribution in [3.05, 3.63) is 23.3 Å². The minimum absolute atomic E-state index is 0.00755. The molecule has 4 N–H and O–H groups in total. The zero-order valence-corrected chi connectivity index (χ0v) is 7.00. The molecule has 0 fully saturated rings. The number of benzene rings is 1. The third-order valence-corrected chi connectivity index (χ3v) is 2.10. The molecule has 0 saturated heterocycles. The van der Waals surface area contributed by atoms with Crippen molar-refractivity contribution in [2.75, 3.05) is 6.61 Å². The Bertz CT molecular complexity index is 374. The predicted octanol–water partition coefficient (Wildman–Crippen LogP) is 0.611. The molecule has 1 aromatic carbocycles. The van der Waals surface area contributed by atoms with Crippen LogP contribution in [0.25, 0.3) is 0 Å². The van der Waals surface area contributed by atoms with Crippen LogP contribution in [-0.2, 0) is 6.42 Å². The molecular weight excluding hydrogens is 168 g/mol. The molecule has 1 aliphatic rings. The highest BCUT2D eigenvalue weighted by atomic mass is 16.5. The van der Waals surface area contributed by atoms with Gasteiger partial charge in [0.15, 0.2) is 0 Å². The smallest absolute Gasteiger partial charge is 0.130 e. The number of amidine groups is 1. The average Bonchev–Trinajstić information content (AvgIpc) is 2.48. The number of fused-ring (bicyclic) bond motifs is 1. The number of phenols is 1. The van der Waals surface area contributed by atoms with Gasteiger partial charge in [0.25, 0.3) is 0 Å². The van der Waals surface area contributed by atoms with E-state index in [1.165, 1.54) is 6.07 Å².